The van der Waals surface area contributed by atoms with Crippen LogP contribution < -0.4 is 5.32 Å². The molecule has 0 bridgehead atoms. The lowest BCUT2D eigenvalue weighted by Gasteiger charge is -2.32. The van der Waals surface area contributed by atoms with E-state index in [1.165, 1.54) is 10.4 Å². The monoisotopic (exact) mass is 342 g/mol. The highest BCUT2D eigenvalue weighted by atomic mass is 32.2. The Morgan fingerprint density at radius 1 is 1.55 bits per heavy atom. The maximum Gasteiger partial charge on any atom is 0.224 e. The Morgan fingerprint density at radius 3 is 3.09 bits per heavy atom. The Kier molecular flexibility index (Phi) is 4.56. The number of thiophene rings is 1. The Balaban J connectivity index is 1.49. The van der Waals surface area contributed by atoms with Crippen molar-refractivity contribution < 1.29 is 13.2 Å². The van der Waals surface area contributed by atoms with Crippen molar-refractivity contribution in [3.63, 3.8) is 0 Å². The third kappa shape index (κ3) is 3.52. The van der Waals surface area contributed by atoms with Gasteiger partial charge in [0.25, 0.3) is 0 Å². The summed E-state index contributed by atoms with van der Waals surface area (Å²) < 4.78 is 22.9. The number of sulfone groups is 1. The zero-order chi connectivity index (χ0) is 15.7. The van der Waals surface area contributed by atoms with Crippen LogP contribution >= 0.6 is 11.3 Å². The molecule has 1 amide bonds. The molecule has 2 aliphatic heterocycles. The first kappa shape index (κ1) is 16.0. The van der Waals surface area contributed by atoms with Crippen molar-refractivity contribution >= 4 is 27.1 Å². The molecule has 2 aliphatic rings. The third-order valence-electron chi connectivity index (χ3n) is 4.64. The van der Waals surface area contributed by atoms with Gasteiger partial charge in [0.2, 0.25) is 5.91 Å². The molecule has 7 heteroatoms. The predicted molar refractivity (Wildman–Crippen MR) is 87.7 cm³/mol. The number of fused-ring (bicyclic) bond motifs is 1. The van der Waals surface area contributed by atoms with Gasteiger partial charge in [-0.25, -0.2) is 8.42 Å². The molecule has 0 spiro atoms. The Morgan fingerprint density at radius 2 is 2.36 bits per heavy atom. The van der Waals surface area contributed by atoms with Crippen LogP contribution in [0.15, 0.2) is 11.4 Å². The summed E-state index contributed by atoms with van der Waals surface area (Å²) in [6.07, 6.45) is 1.54. The van der Waals surface area contributed by atoms with Crippen LogP contribution in [0.4, 0.5) is 0 Å². The van der Waals surface area contributed by atoms with Crippen LogP contribution in [-0.4, -0.2) is 49.9 Å². The lowest BCUT2D eigenvalue weighted by Crippen LogP contribution is -2.45. The van der Waals surface area contributed by atoms with Gasteiger partial charge in [0.15, 0.2) is 9.84 Å². The molecular formula is C15H22N2O3S2. The minimum Gasteiger partial charge on any atom is -0.354 e. The molecule has 1 saturated heterocycles. The standard InChI is InChI=1S/C15H22N2O3S2/c1-11(17-5-2-14-12(9-17)3-6-21-14)8-16-15(18)13-4-7-22(19,20)10-13/h3,6,11,13H,2,4-5,7-10H2,1H3,(H,16,18). The van der Waals surface area contributed by atoms with Gasteiger partial charge >= 0.3 is 0 Å². The van der Waals surface area contributed by atoms with E-state index in [4.69, 9.17) is 0 Å². The number of amides is 1. The van der Waals surface area contributed by atoms with Gasteiger partial charge in [-0.05, 0) is 36.8 Å². The molecule has 1 fully saturated rings. The van der Waals surface area contributed by atoms with E-state index >= 15 is 0 Å². The van der Waals surface area contributed by atoms with Crippen molar-refractivity contribution in [3.8, 4) is 0 Å². The van der Waals surface area contributed by atoms with Crippen LogP contribution in [0.1, 0.15) is 23.8 Å². The molecule has 0 aromatic carbocycles. The summed E-state index contributed by atoms with van der Waals surface area (Å²) in [5, 5.41) is 5.07. The Hall–Kier alpha value is -0.920. The van der Waals surface area contributed by atoms with E-state index in [1.54, 1.807) is 0 Å². The van der Waals surface area contributed by atoms with Crippen LogP contribution in [0.2, 0.25) is 0 Å². The van der Waals surface area contributed by atoms with Crippen molar-refractivity contribution in [2.24, 2.45) is 5.92 Å². The van der Waals surface area contributed by atoms with Crippen LogP contribution in [0, 0.1) is 5.92 Å². The van der Waals surface area contributed by atoms with Gasteiger partial charge in [0.1, 0.15) is 0 Å². The molecule has 22 heavy (non-hydrogen) atoms. The number of hydrogen-bond donors (Lipinski definition) is 1. The SMILES string of the molecule is CC(CNC(=O)C1CCS(=O)(=O)C1)N1CCc2sccc2C1. The van der Waals surface area contributed by atoms with Gasteiger partial charge in [0, 0.05) is 30.6 Å². The highest BCUT2D eigenvalue weighted by Gasteiger charge is 2.33. The average molecular weight is 342 g/mol. The lowest BCUT2D eigenvalue weighted by atomic mass is 10.1. The summed E-state index contributed by atoms with van der Waals surface area (Å²) in [6, 6.07) is 2.44. The molecular weight excluding hydrogens is 320 g/mol. The van der Waals surface area contributed by atoms with Gasteiger partial charge in [-0.1, -0.05) is 0 Å². The lowest BCUT2D eigenvalue weighted by molar-refractivity contribution is -0.124. The average Bonchev–Trinajstić information content (AvgIpc) is 3.09. The zero-order valence-electron chi connectivity index (χ0n) is 12.7. The van der Waals surface area contributed by atoms with Crippen molar-refractivity contribution in [1.29, 1.82) is 0 Å². The molecule has 0 saturated carbocycles. The molecule has 5 nitrogen and oxygen atoms in total. The maximum absolute atomic E-state index is 12.1. The minimum atomic E-state index is -3.00. The maximum atomic E-state index is 12.1. The summed E-state index contributed by atoms with van der Waals surface area (Å²) in [7, 11) is -3.00. The molecule has 1 aromatic rings. The Bertz CT molecular complexity index is 653. The fraction of sp³-hybridized carbons (Fsp3) is 0.667. The Labute approximate surface area is 135 Å². The normalized spacial score (nSPS) is 25.6. The van der Waals surface area contributed by atoms with Crippen molar-refractivity contribution in [2.75, 3.05) is 24.6 Å². The fourth-order valence-electron chi connectivity index (χ4n) is 3.17. The second-order valence-electron chi connectivity index (χ2n) is 6.28. The smallest absolute Gasteiger partial charge is 0.224 e. The minimum absolute atomic E-state index is 0.00912. The molecule has 2 atom stereocenters. The molecule has 0 radical (unpaired) electrons. The van der Waals surface area contributed by atoms with E-state index < -0.39 is 9.84 Å². The van der Waals surface area contributed by atoms with Crippen molar-refractivity contribution in [2.45, 2.75) is 32.4 Å². The topological polar surface area (TPSA) is 66.5 Å². The number of carbonyl (C=O) groups excluding carboxylic acids is 1. The number of hydrogen-bond acceptors (Lipinski definition) is 5. The first-order valence-electron chi connectivity index (χ1n) is 7.72. The van der Waals surface area contributed by atoms with Crippen molar-refractivity contribution in [3.05, 3.63) is 21.9 Å². The van der Waals surface area contributed by atoms with Gasteiger partial charge in [0.05, 0.1) is 17.4 Å². The molecule has 2 unspecified atom stereocenters. The number of rotatable bonds is 4. The molecule has 0 aliphatic carbocycles. The van der Waals surface area contributed by atoms with Crippen molar-refractivity contribution in [1.82, 2.24) is 10.2 Å². The van der Waals surface area contributed by atoms with Crippen LogP contribution in [0.3, 0.4) is 0 Å². The van der Waals surface area contributed by atoms with E-state index in [9.17, 15) is 13.2 Å². The summed E-state index contributed by atoms with van der Waals surface area (Å²) in [5.41, 5.74) is 1.40. The second kappa shape index (κ2) is 6.29. The first-order valence-corrected chi connectivity index (χ1v) is 10.4. The van der Waals surface area contributed by atoms with Gasteiger partial charge in [-0.15, -0.1) is 11.3 Å². The second-order valence-corrected chi connectivity index (χ2v) is 9.51. The molecule has 3 heterocycles. The summed E-state index contributed by atoms with van der Waals surface area (Å²) in [4.78, 5) is 15.9. The molecule has 1 aromatic heterocycles. The quantitative estimate of drug-likeness (QED) is 0.888. The molecule has 122 valence electrons. The van der Waals surface area contributed by atoms with E-state index in [-0.39, 0.29) is 29.4 Å². The van der Waals surface area contributed by atoms with Gasteiger partial charge in [-0.2, -0.15) is 0 Å². The van der Waals surface area contributed by atoms with E-state index in [1.807, 2.05) is 11.3 Å². The largest absolute Gasteiger partial charge is 0.354 e. The van der Waals surface area contributed by atoms with Gasteiger partial charge in [-0.3, -0.25) is 9.69 Å². The highest BCUT2D eigenvalue weighted by molar-refractivity contribution is 7.91. The highest BCUT2D eigenvalue weighted by Crippen LogP contribution is 2.25. The fourth-order valence-corrected chi connectivity index (χ4v) is 5.80. The molecule has 1 N–H and O–H groups in total. The van der Waals surface area contributed by atoms with Crippen LogP contribution in [0.5, 0.6) is 0 Å². The number of carbonyl (C=O) groups is 1. The predicted octanol–water partition coefficient (Wildman–Crippen LogP) is 1.05. The summed E-state index contributed by atoms with van der Waals surface area (Å²) in [5.74, 6) is -0.314. The van der Waals surface area contributed by atoms with E-state index in [0.29, 0.717) is 13.0 Å². The zero-order valence-corrected chi connectivity index (χ0v) is 14.4. The first-order chi connectivity index (χ1) is 10.4. The van der Waals surface area contributed by atoms with Crippen LogP contribution in [-0.2, 0) is 27.6 Å². The summed E-state index contributed by atoms with van der Waals surface area (Å²) in [6.45, 7) is 4.65. The number of nitrogens with one attached hydrogen (secondary N) is 1. The van der Waals surface area contributed by atoms with E-state index in [0.717, 1.165) is 19.5 Å². The molecule has 3 rings (SSSR count). The number of nitrogens with zero attached hydrogens (tertiary/aromatic N) is 1. The summed E-state index contributed by atoms with van der Waals surface area (Å²) >= 11 is 1.82. The van der Waals surface area contributed by atoms with E-state index in [2.05, 4.69) is 28.6 Å². The van der Waals surface area contributed by atoms with Gasteiger partial charge < -0.3 is 5.32 Å². The van der Waals surface area contributed by atoms with Crippen LogP contribution in [0.25, 0.3) is 0 Å². The third-order valence-corrected chi connectivity index (χ3v) is 7.43.